The molecule has 0 fully saturated rings. The van der Waals surface area contributed by atoms with E-state index >= 15 is 0 Å². The Hall–Kier alpha value is -3.42. The van der Waals surface area contributed by atoms with Gasteiger partial charge in [0.2, 0.25) is 0 Å². The summed E-state index contributed by atoms with van der Waals surface area (Å²) in [5.74, 6) is -0.150. The third-order valence-electron chi connectivity index (χ3n) is 5.30. The van der Waals surface area contributed by atoms with Crippen molar-refractivity contribution >= 4 is 34.0 Å². The molecule has 154 valence electrons. The minimum Gasteiger partial charge on any atom is -0.497 e. The Labute approximate surface area is 173 Å². The first-order chi connectivity index (χ1) is 14.6. The number of hydrogen-bond acceptors (Lipinski definition) is 6. The van der Waals surface area contributed by atoms with Crippen molar-refractivity contribution in [3.05, 3.63) is 65.7 Å². The highest BCUT2D eigenvalue weighted by molar-refractivity contribution is 6.36. The van der Waals surface area contributed by atoms with Crippen molar-refractivity contribution in [3.8, 4) is 5.75 Å². The number of carbonyl (C=O) groups is 2. The lowest BCUT2D eigenvalue weighted by atomic mass is 9.92. The van der Waals surface area contributed by atoms with E-state index < -0.39 is 11.8 Å². The Morgan fingerprint density at radius 3 is 2.10 bits per heavy atom. The number of aliphatic hydroxyl groups is 2. The molecule has 1 aliphatic heterocycles. The minimum atomic E-state index is -0.392. The molecule has 30 heavy (non-hydrogen) atoms. The van der Waals surface area contributed by atoms with Gasteiger partial charge in [0.1, 0.15) is 5.75 Å². The standard InChI is InChI=1S/C23H22N2O5/c1-30-16-7-5-15(6-8-16)25-22(28)18-4-2-3-17-20(24(11-13-26)12-14-27)10-9-19(21(17)18)23(25)29/h2-10,26-27H,11-14H2,1H3. The average molecular weight is 406 g/mol. The summed E-state index contributed by atoms with van der Waals surface area (Å²) < 4.78 is 5.16. The monoisotopic (exact) mass is 406 g/mol. The van der Waals surface area contributed by atoms with E-state index in [2.05, 4.69) is 0 Å². The summed E-state index contributed by atoms with van der Waals surface area (Å²) in [5.41, 5.74) is 2.11. The Morgan fingerprint density at radius 1 is 0.867 bits per heavy atom. The van der Waals surface area contributed by atoms with Crippen LogP contribution in [-0.4, -0.2) is 55.4 Å². The van der Waals surface area contributed by atoms with Gasteiger partial charge in [-0.05, 0) is 42.5 Å². The van der Waals surface area contributed by atoms with E-state index in [0.29, 0.717) is 41.0 Å². The molecule has 0 saturated carbocycles. The highest BCUT2D eigenvalue weighted by atomic mass is 16.5. The van der Waals surface area contributed by atoms with Crippen molar-refractivity contribution in [1.29, 1.82) is 0 Å². The van der Waals surface area contributed by atoms with Crippen LogP contribution in [0.2, 0.25) is 0 Å². The topological polar surface area (TPSA) is 90.3 Å². The van der Waals surface area contributed by atoms with E-state index in [-0.39, 0.29) is 13.2 Å². The van der Waals surface area contributed by atoms with Crippen molar-refractivity contribution < 1.29 is 24.5 Å². The Morgan fingerprint density at radius 2 is 1.50 bits per heavy atom. The molecule has 7 heteroatoms. The lowest BCUT2D eigenvalue weighted by Crippen LogP contribution is -2.40. The first-order valence-electron chi connectivity index (χ1n) is 9.66. The number of rotatable bonds is 7. The van der Waals surface area contributed by atoms with Crippen LogP contribution in [0.1, 0.15) is 20.7 Å². The Bertz CT molecular complexity index is 1080. The molecular weight excluding hydrogens is 384 g/mol. The molecule has 0 saturated heterocycles. The highest BCUT2D eigenvalue weighted by Crippen LogP contribution is 2.37. The number of carbonyl (C=O) groups excluding carboxylic acids is 2. The maximum absolute atomic E-state index is 13.3. The van der Waals surface area contributed by atoms with Crippen LogP contribution in [0.3, 0.4) is 0 Å². The summed E-state index contributed by atoms with van der Waals surface area (Å²) in [6, 6.07) is 15.6. The van der Waals surface area contributed by atoms with Gasteiger partial charge in [-0.15, -0.1) is 0 Å². The van der Waals surface area contributed by atoms with Crippen molar-refractivity contribution in [2.45, 2.75) is 0 Å². The van der Waals surface area contributed by atoms with Gasteiger partial charge in [0.05, 0.1) is 26.0 Å². The number of anilines is 2. The maximum Gasteiger partial charge on any atom is 0.265 e. The molecule has 0 aromatic heterocycles. The summed E-state index contributed by atoms with van der Waals surface area (Å²) in [6.45, 7) is 0.510. The van der Waals surface area contributed by atoms with Crippen LogP contribution in [0.5, 0.6) is 5.75 Å². The van der Waals surface area contributed by atoms with Crippen LogP contribution in [0, 0.1) is 0 Å². The molecule has 0 bridgehead atoms. The zero-order chi connectivity index (χ0) is 21.3. The fraction of sp³-hybridized carbons (Fsp3) is 0.217. The van der Waals surface area contributed by atoms with E-state index in [1.54, 1.807) is 55.6 Å². The number of methoxy groups -OCH3 is 1. The zero-order valence-corrected chi connectivity index (χ0v) is 16.5. The second-order valence-electron chi connectivity index (χ2n) is 6.94. The summed E-state index contributed by atoms with van der Waals surface area (Å²) in [5, 5.41) is 20.1. The third-order valence-corrected chi connectivity index (χ3v) is 5.30. The van der Waals surface area contributed by atoms with Crippen LogP contribution >= 0.6 is 0 Å². The Balaban J connectivity index is 1.86. The third kappa shape index (κ3) is 3.18. The van der Waals surface area contributed by atoms with E-state index in [9.17, 15) is 19.8 Å². The molecule has 2 amide bonds. The van der Waals surface area contributed by atoms with Gasteiger partial charge < -0.3 is 19.8 Å². The largest absolute Gasteiger partial charge is 0.497 e. The number of aliphatic hydroxyl groups excluding tert-OH is 2. The van der Waals surface area contributed by atoms with Gasteiger partial charge in [0.15, 0.2) is 0 Å². The molecule has 1 heterocycles. The fourth-order valence-corrected chi connectivity index (χ4v) is 3.92. The molecule has 3 aromatic carbocycles. The van der Waals surface area contributed by atoms with Gasteiger partial charge in [-0.3, -0.25) is 9.59 Å². The average Bonchev–Trinajstić information content (AvgIpc) is 2.77. The molecule has 0 unspecified atom stereocenters. The van der Waals surface area contributed by atoms with Crippen LogP contribution in [0.4, 0.5) is 11.4 Å². The molecule has 1 aliphatic rings. The zero-order valence-electron chi connectivity index (χ0n) is 16.5. The van der Waals surface area contributed by atoms with Gasteiger partial charge in [-0.25, -0.2) is 4.90 Å². The van der Waals surface area contributed by atoms with Crippen molar-refractivity contribution in [3.63, 3.8) is 0 Å². The van der Waals surface area contributed by atoms with Crippen molar-refractivity contribution in [2.75, 3.05) is 43.2 Å². The number of amides is 2. The van der Waals surface area contributed by atoms with Crippen molar-refractivity contribution in [1.82, 2.24) is 0 Å². The van der Waals surface area contributed by atoms with Gasteiger partial charge in [-0.1, -0.05) is 12.1 Å². The van der Waals surface area contributed by atoms with Gasteiger partial charge in [0, 0.05) is 40.7 Å². The number of hydrogen-bond donors (Lipinski definition) is 2. The predicted octanol–water partition coefficient (Wildman–Crippen LogP) is 2.44. The lowest BCUT2D eigenvalue weighted by molar-refractivity contribution is 0.0893. The van der Waals surface area contributed by atoms with Crippen LogP contribution in [0.25, 0.3) is 10.8 Å². The van der Waals surface area contributed by atoms with Gasteiger partial charge in [-0.2, -0.15) is 0 Å². The number of ether oxygens (including phenoxy) is 1. The smallest absolute Gasteiger partial charge is 0.265 e. The molecule has 0 spiro atoms. The van der Waals surface area contributed by atoms with Crippen LogP contribution in [-0.2, 0) is 0 Å². The predicted molar refractivity (Wildman–Crippen MR) is 114 cm³/mol. The lowest BCUT2D eigenvalue weighted by Gasteiger charge is -2.30. The number of benzene rings is 3. The molecule has 7 nitrogen and oxygen atoms in total. The molecule has 2 N–H and O–H groups in total. The minimum absolute atomic E-state index is 0.0773. The number of imide groups is 1. The van der Waals surface area contributed by atoms with E-state index in [0.717, 1.165) is 11.1 Å². The van der Waals surface area contributed by atoms with Gasteiger partial charge in [0.25, 0.3) is 11.8 Å². The SMILES string of the molecule is COc1ccc(N2C(=O)c3cccc4c(N(CCO)CCO)ccc(c34)C2=O)cc1. The Kier molecular flexibility index (Phi) is 5.39. The van der Waals surface area contributed by atoms with E-state index in [1.807, 2.05) is 11.0 Å². The normalized spacial score (nSPS) is 13.1. The summed E-state index contributed by atoms with van der Waals surface area (Å²) >= 11 is 0. The quantitative estimate of drug-likeness (QED) is 0.586. The summed E-state index contributed by atoms with van der Waals surface area (Å²) in [6.07, 6.45) is 0. The maximum atomic E-state index is 13.3. The highest BCUT2D eigenvalue weighted by Gasteiger charge is 2.34. The second-order valence-corrected chi connectivity index (χ2v) is 6.94. The van der Waals surface area contributed by atoms with E-state index in [4.69, 9.17) is 4.74 Å². The molecule has 0 atom stereocenters. The van der Waals surface area contributed by atoms with Crippen molar-refractivity contribution in [2.24, 2.45) is 0 Å². The second kappa shape index (κ2) is 8.14. The van der Waals surface area contributed by atoms with Gasteiger partial charge >= 0.3 is 0 Å². The summed E-state index contributed by atoms with van der Waals surface area (Å²) in [7, 11) is 1.55. The molecule has 0 radical (unpaired) electrons. The van der Waals surface area contributed by atoms with Crippen LogP contribution < -0.4 is 14.5 Å². The molecule has 0 aliphatic carbocycles. The first kappa shape index (κ1) is 19.9. The molecule has 3 aromatic rings. The molecule has 4 rings (SSSR count). The van der Waals surface area contributed by atoms with E-state index in [1.165, 1.54) is 4.90 Å². The van der Waals surface area contributed by atoms with Crippen LogP contribution in [0.15, 0.2) is 54.6 Å². The number of nitrogens with zero attached hydrogens (tertiary/aromatic N) is 2. The summed E-state index contributed by atoms with van der Waals surface area (Å²) in [4.78, 5) is 29.6. The molecular formula is C23H22N2O5. The fourth-order valence-electron chi connectivity index (χ4n) is 3.92. The first-order valence-corrected chi connectivity index (χ1v) is 9.66.